The lowest BCUT2D eigenvalue weighted by atomic mass is 9.99. The Hall–Kier alpha value is -3.28. The number of rotatable bonds is 10. The van der Waals surface area contributed by atoms with Gasteiger partial charge in [-0.15, -0.1) is 10.2 Å². The second-order valence-electron chi connectivity index (χ2n) is 8.55. The number of halogens is 1. The Labute approximate surface area is 217 Å². The molecule has 36 heavy (non-hydrogen) atoms. The molecule has 1 N–H and O–H groups in total. The molecule has 3 aromatic rings. The van der Waals surface area contributed by atoms with Crippen molar-refractivity contribution in [3.8, 4) is 5.69 Å². The van der Waals surface area contributed by atoms with Crippen LogP contribution in [0.15, 0.2) is 52.6 Å². The monoisotopic (exact) mass is 528 g/mol. The number of thioether (sulfide) groups is 1. The summed E-state index contributed by atoms with van der Waals surface area (Å²) >= 11 is 8.06. The van der Waals surface area contributed by atoms with Gasteiger partial charge in [0.25, 0.3) is 5.69 Å². The third-order valence-corrected chi connectivity index (χ3v) is 7.01. The van der Waals surface area contributed by atoms with Crippen LogP contribution in [0.1, 0.15) is 42.3 Å². The van der Waals surface area contributed by atoms with Crippen molar-refractivity contribution in [3.05, 3.63) is 74.6 Å². The number of hydrogen-bond donors (Lipinski definition) is 1. The summed E-state index contributed by atoms with van der Waals surface area (Å²) in [5.41, 5.74) is 2.09. The maximum absolute atomic E-state index is 11.7. The van der Waals surface area contributed by atoms with Crippen molar-refractivity contribution in [2.24, 2.45) is 4.99 Å². The number of carboxylic acids is 1. The number of carbonyl (C=O) groups is 1. The van der Waals surface area contributed by atoms with Gasteiger partial charge in [0.1, 0.15) is 6.04 Å². The van der Waals surface area contributed by atoms with E-state index in [2.05, 4.69) is 15.1 Å². The Morgan fingerprint density at radius 2 is 2.00 bits per heavy atom. The van der Waals surface area contributed by atoms with Gasteiger partial charge in [0.15, 0.2) is 11.0 Å². The van der Waals surface area contributed by atoms with E-state index in [0.29, 0.717) is 38.5 Å². The number of aromatic nitrogens is 3. The molecule has 0 fully saturated rings. The van der Waals surface area contributed by atoms with Crippen LogP contribution in [0, 0.1) is 10.1 Å². The number of nitro groups is 1. The molecule has 0 saturated carbocycles. The first kappa shape index (κ1) is 25.8. The highest BCUT2D eigenvalue weighted by Gasteiger charge is 2.31. The fourth-order valence-corrected chi connectivity index (χ4v) is 5.09. The molecule has 0 bridgehead atoms. The van der Waals surface area contributed by atoms with E-state index in [-0.39, 0.29) is 18.5 Å². The number of aliphatic carboxylic acids is 1. The number of carboxylic acid groups (broad SMARTS) is 1. The van der Waals surface area contributed by atoms with E-state index in [0.717, 1.165) is 18.7 Å². The summed E-state index contributed by atoms with van der Waals surface area (Å²) < 4.78 is 1.85. The summed E-state index contributed by atoms with van der Waals surface area (Å²) in [4.78, 5) is 29.6. The zero-order valence-corrected chi connectivity index (χ0v) is 21.4. The molecule has 2 aromatic carbocycles. The molecule has 1 aliphatic rings. The highest BCUT2D eigenvalue weighted by atomic mass is 35.5. The maximum atomic E-state index is 11.7. The van der Waals surface area contributed by atoms with Gasteiger partial charge in [-0.3, -0.25) is 24.5 Å². The molecule has 1 aromatic heterocycles. The number of fused-ring (bicyclic) bond motifs is 3. The van der Waals surface area contributed by atoms with Crippen LogP contribution in [0.4, 0.5) is 5.69 Å². The van der Waals surface area contributed by atoms with Gasteiger partial charge in [0.05, 0.1) is 16.3 Å². The molecule has 4 rings (SSSR count). The van der Waals surface area contributed by atoms with Crippen LogP contribution in [-0.4, -0.2) is 67.8 Å². The van der Waals surface area contributed by atoms with E-state index in [1.54, 1.807) is 24.3 Å². The van der Waals surface area contributed by atoms with Gasteiger partial charge < -0.3 is 10.0 Å². The molecule has 0 saturated heterocycles. The first-order chi connectivity index (χ1) is 17.3. The Morgan fingerprint density at radius 1 is 1.22 bits per heavy atom. The zero-order valence-electron chi connectivity index (χ0n) is 19.8. The molecular weight excluding hydrogens is 504 g/mol. The lowest BCUT2D eigenvalue weighted by Crippen LogP contribution is -2.13. The molecule has 1 aliphatic heterocycles. The first-order valence-electron chi connectivity index (χ1n) is 11.3. The smallest absolute Gasteiger partial charge is 0.303 e. The van der Waals surface area contributed by atoms with Crippen LogP contribution in [0.3, 0.4) is 0 Å². The van der Waals surface area contributed by atoms with Gasteiger partial charge in [-0.2, -0.15) is 0 Å². The van der Waals surface area contributed by atoms with Gasteiger partial charge in [-0.1, -0.05) is 41.6 Å². The van der Waals surface area contributed by atoms with E-state index in [1.165, 1.54) is 23.9 Å². The second-order valence-corrected chi connectivity index (χ2v) is 10.0. The Morgan fingerprint density at radius 3 is 2.69 bits per heavy atom. The summed E-state index contributed by atoms with van der Waals surface area (Å²) in [6, 6.07) is 11.0. The molecule has 2 heterocycles. The fourth-order valence-electron chi connectivity index (χ4n) is 3.99. The van der Waals surface area contributed by atoms with Crippen LogP contribution in [0.5, 0.6) is 0 Å². The van der Waals surface area contributed by atoms with Gasteiger partial charge in [0, 0.05) is 40.5 Å². The zero-order chi connectivity index (χ0) is 25.8. The lowest BCUT2D eigenvalue weighted by molar-refractivity contribution is -0.384. The average Bonchev–Trinajstić information content (AvgIpc) is 3.19. The predicted octanol–water partition coefficient (Wildman–Crippen LogP) is 4.63. The number of hydrogen-bond acceptors (Lipinski definition) is 8. The molecular formula is C24H25ClN6O4S. The third kappa shape index (κ3) is 5.58. The van der Waals surface area contributed by atoms with Crippen LogP contribution >= 0.6 is 23.4 Å². The van der Waals surface area contributed by atoms with E-state index in [1.807, 2.05) is 24.7 Å². The molecule has 12 heteroatoms. The number of benzene rings is 2. The Balaban J connectivity index is 1.90. The summed E-state index contributed by atoms with van der Waals surface area (Å²) in [7, 11) is 4.02. The SMILES string of the molecule is CN(C)CCCSc1nnc2n1-c1ccc([N+](=O)[O-])cc1C(c1ccccc1Cl)=N[C@H]2CCC(=O)O. The van der Waals surface area contributed by atoms with E-state index in [9.17, 15) is 20.0 Å². The quantitative estimate of drug-likeness (QED) is 0.175. The fraction of sp³-hybridized carbons (Fsp3) is 0.333. The van der Waals surface area contributed by atoms with Crippen molar-refractivity contribution < 1.29 is 14.8 Å². The molecule has 10 nitrogen and oxygen atoms in total. The Bertz CT molecular complexity index is 1330. The standard InChI is InChI=1S/C24H25ClN6O4S/c1-29(2)12-5-13-36-24-28-27-23-19(9-11-21(32)33)26-22(16-6-3-4-7-18(16)25)17-14-15(31(34)35)8-10-20(17)30(23)24/h3-4,6-8,10,14,19H,5,9,11-13H2,1-2H3,(H,32,33)/t19-/m0/s1. The molecule has 0 aliphatic carbocycles. The third-order valence-electron chi connectivity index (χ3n) is 5.67. The molecule has 0 unspecified atom stereocenters. The van der Waals surface area contributed by atoms with Crippen LogP contribution in [0.2, 0.25) is 5.02 Å². The van der Waals surface area contributed by atoms with E-state index in [4.69, 9.17) is 16.6 Å². The van der Waals surface area contributed by atoms with Gasteiger partial charge >= 0.3 is 5.97 Å². The summed E-state index contributed by atoms with van der Waals surface area (Å²) in [5.74, 6) is 0.325. The number of aliphatic imine (C=N–C) groups is 1. The largest absolute Gasteiger partial charge is 0.481 e. The molecule has 1 atom stereocenters. The minimum Gasteiger partial charge on any atom is -0.481 e. The van der Waals surface area contributed by atoms with Crippen molar-refractivity contribution in [2.45, 2.75) is 30.5 Å². The van der Waals surface area contributed by atoms with Crippen molar-refractivity contribution in [3.63, 3.8) is 0 Å². The van der Waals surface area contributed by atoms with E-state index >= 15 is 0 Å². The number of nitro benzene ring substituents is 1. The Kier molecular flexibility index (Phi) is 8.02. The van der Waals surface area contributed by atoms with Crippen molar-refractivity contribution >= 4 is 40.7 Å². The average molecular weight is 529 g/mol. The van der Waals surface area contributed by atoms with E-state index < -0.39 is 16.9 Å². The van der Waals surface area contributed by atoms with Crippen LogP contribution in [0.25, 0.3) is 5.69 Å². The second kappa shape index (κ2) is 11.2. The van der Waals surface area contributed by atoms with Crippen LogP contribution in [-0.2, 0) is 4.79 Å². The maximum Gasteiger partial charge on any atom is 0.303 e. The highest BCUT2D eigenvalue weighted by Crippen LogP contribution is 2.37. The number of nitrogens with zero attached hydrogens (tertiary/aromatic N) is 6. The first-order valence-corrected chi connectivity index (χ1v) is 12.7. The van der Waals surface area contributed by atoms with Crippen molar-refractivity contribution in [1.82, 2.24) is 19.7 Å². The normalized spacial score (nSPS) is 14.7. The lowest BCUT2D eigenvalue weighted by Gasteiger charge is -2.14. The van der Waals surface area contributed by atoms with Crippen LogP contribution < -0.4 is 0 Å². The molecule has 188 valence electrons. The number of non-ortho nitro benzene ring substituents is 1. The minimum atomic E-state index is -0.953. The summed E-state index contributed by atoms with van der Waals surface area (Å²) in [5, 5.41) is 30.9. The summed E-state index contributed by atoms with van der Waals surface area (Å²) in [6.45, 7) is 0.914. The van der Waals surface area contributed by atoms with Gasteiger partial charge in [-0.25, -0.2) is 0 Å². The molecule has 0 radical (unpaired) electrons. The van der Waals surface area contributed by atoms with Crippen molar-refractivity contribution in [1.29, 1.82) is 0 Å². The van der Waals surface area contributed by atoms with Crippen molar-refractivity contribution in [2.75, 3.05) is 26.4 Å². The molecule has 0 spiro atoms. The van der Waals surface area contributed by atoms with Gasteiger partial charge in [-0.05, 0) is 45.6 Å². The topological polar surface area (TPSA) is 127 Å². The highest BCUT2D eigenvalue weighted by molar-refractivity contribution is 7.99. The minimum absolute atomic E-state index is 0.0905. The summed E-state index contributed by atoms with van der Waals surface area (Å²) in [6.07, 6.45) is 0.984. The van der Waals surface area contributed by atoms with Gasteiger partial charge in [0.2, 0.25) is 0 Å². The molecule has 0 amide bonds. The predicted molar refractivity (Wildman–Crippen MR) is 139 cm³/mol.